The van der Waals surface area contributed by atoms with E-state index in [1.165, 1.54) is 9.80 Å². The van der Waals surface area contributed by atoms with Crippen molar-refractivity contribution in [3.8, 4) is 0 Å². The molecule has 0 fully saturated rings. The zero-order valence-corrected chi connectivity index (χ0v) is 69.3. The third-order valence-electron chi connectivity index (χ3n) is 12.5. The minimum atomic E-state index is -5.51. The van der Waals surface area contributed by atoms with Crippen LogP contribution < -0.4 is 220 Å². The number of nitrogens with one attached hydrogen (secondary N) is 4. The first-order valence-electron chi connectivity index (χ1n) is 25.7. The standard InChI is InChI=1S/C52H50N14O20S6.6Na/c53-45(67)21-23-65(29-31-7-3-1-4-8-31)51-61-47(59-49(63-51)57-39-27-37(87(69,70)71)17-19-41(39)89(75,76)77)55-35-15-13-33(43(25-35)91(81,82)83)11-12-34-14-16-36(26-44(34)92(84,85)86)56-48-60-50(58-40-28-38(88(72,73)74)18-20-42(40)90(78,79)80)64-52(62-48)66(24-22-46(54)68)30-32-9-5-2-6-10-32;;;;;;/h1-20,25-28H,21-24,29-30H2,(H2,53,67)(H2,54,68)(H,69,70,71)(H,72,73,74)(H,75,76,77)(H,78,79,80)(H,81,82,83)(H,84,85,86)(H2,55,57,59,61,63)(H2,56,58,60,62,64);;;;;;/q;6*+1/p-6. The largest absolute Gasteiger partial charge is 1.00 e. The van der Waals surface area contributed by atoms with Crippen molar-refractivity contribution in [2.45, 2.75) is 55.3 Å². The molecule has 0 bridgehead atoms. The Bertz CT molecular complexity index is 4650. The van der Waals surface area contributed by atoms with E-state index in [0.717, 1.165) is 48.6 Å². The zero-order valence-electron chi connectivity index (χ0n) is 52.4. The number of nitrogens with two attached hydrogens (primary N) is 2. The monoisotopic (exact) mass is 1510 g/mol. The van der Waals surface area contributed by atoms with Gasteiger partial charge in [0, 0.05) is 50.4 Å². The summed E-state index contributed by atoms with van der Waals surface area (Å²) in [4.78, 5) is 46.4. The smallest absolute Gasteiger partial charge is 0.744 e. The second-order valence-corrected chi connectivity index (χ2v) is 27.3. The van der Waals surface area contributed by atoms with Gasteiger partial charge in [-0.3, -0.25) is 9.59 Å². The first-order chi connectivity index (χ1) is 43.0. The van der Waals surface area contributed by atoms with Crippen molar-refractivity contribution in [2.75, 3.05) is 44.2 Å². The van der Waals surface area contributed by atoms with Crippen LogP contribution in [0.2, 0.25) is 0 Å². The van der Waals surface area contributed by atoms with Gasteiger partial charge in [-0.2, -0.15) is 29.9 Å². The molecule has 2 amide bonds. The summed E-state index contributed by atoms with van der Waals surface area (Å²) in [5.74, 6) is -4.58. The topological polar surface area (TPSA) is 561 Å². The van der Waals surface area contributed by atoms with Gasteiger partial charge in [-0.05, 0) is 82.9 Å². The van der Waals surface area contributed by atoms with Crippen LogP contribution in [-0.4, -0.2) is 133 Å². The van der Waals surface area contributed by atoms with Crippen LogP contribution in [0.3, 0.4) is 0 Å². The maximum absolute atomic E-state index is 13.0. The third kappa shape index (κ3) is 26.2. The van der Waals surface area contributed by atoms with Crippen molar-refractivity contribution in [3.63, 3.8) is 0 Å². The number of rotatable bonds is 28. The molecule has 0 aliphatic rings. The Morgan fingerprint density at radius 2 is 0.684 bits per heavy atom. The van der Waals surface area contributed by atoms with Gasteiger partial charge in [-0.15, -0.1) is 0 Å². The van der Waals surface area contributed by atoms with Crippen LogP contribution >= 0.6 is 0 Å². The van der Waals surface area contributed by atoms with Gasteiger partial charge in [0.15, 0.2) is 0 Å². The number of anilines is 10. The van der Waals surface area contributed by atoms with Gasteiger partial charge in [0.2, 0.25) is 47.5 Å². The molecule has 0 unspecified atom stereocenters. The molecular weight excluding hydrogens is 1470 g/mol. The van der Waals surface area contributed by atoms with Crippen LogP contribution in [0.15, 0.2) is 163 Å². The average Bonchev–Trinajstić information content (AvgIpc) is 0.804. The van der Waals surface area contributed by atoms with E-state index in [-0.39, 0.29) is 240 Å². The fraction of sp³-hybridized carbons (Fsp3) is 0.115. The van der Waals surface area contributed by atoms with E-state index in [1.807, 2.05) is 0 Å². The van der Waals surface area contributed by atoms with Crippen molar-refractivity contribution >= 4 is 143 Å². The first-order valence-corrected chi connectivity index (χ1v) is 34.2. The maximum atomic E-state index is 13.0. The second kappa shape index (κ2) is 38.2. The van der Waals surface area contributed by atoms with Crippen molar-refractivity contribution in [1.29, 1.82) is 0 Å². The van der Waals surface area contributed by atoms with E-state index >= 15 is 0 Å². The molecule has 46 heteroatoms. The number of carbonyl (C=O) groups excluding carboxylic acids is 2. The summed E-state index contributed by atoms with van der Waals surface area (Å²) >= 11 is 0. The zero-order chi connectivity index (χ0) is 67.1. The molecule has 6 aromatic carbocycles. The molecule has 0 spiro atoms. The van der Waals surface area contributed by atoms with Crippen LogP contribution in [0.1, 0.15) is 35.1 Å². The van der Waals surface area contributed by atoms with Gasteiger partial charge in [0.25, 0.3) is 0 Å². The summed E-state index contributed by atoms with van der Waals surface area (Å²) < 4.78 is 224. The van der Waals surface area contributed by atoms with Gasteiger partial charge < -0.3 is 69.9 Å². The number of hydrogen-bond donors (Lipinski definition) is 6. The summed E-state index contributed by atoms with van der Waals surface area (Å²) in [5.41, 5.74) is 9.17. The van der Waals surface area contributed by atoms with E-state index in [0.29, 0.717) is 47.5 Å². The normalized spacial score (nSPS) is 11.5. The maximum Gasteiger partial charge on any atom is 1.00 e. The average molecular weight is 1520 g/mol. The fourth-order valence-electron chi connectivity index (χ4n) is 8.41. The molecule has 0 saturated carbocycles. The fourth-order valence-corrected chi connectivity index (χ4v) is 12.0. The summed E-state index contributed by atoms with van der Waals surface area (Å²) in [7, 11) is -32.4. The molecule has 0 saturated heterocycles. The minimum Gasteiger partial charge on any atom is -0.744 e. The predicted octanol–water partition coefficient (Wildman–Crippen LogP) is -15.6. The van der Waals surface area contributed by atoms with Crippen molar-refractivity contribution < 1.29 is 265 Å². The van der Waals surface area contributed by atoms with Gasteiger partial charge in [0.05, 0.1) is 40.7 Å². The van der Waals surface area contributed by atoms with E-state index in [2.05, 4.69) is 51.2 Å². The molecule has 2 heterocycles. The number of benzene rings is 6. The molecule has 0 atom stereocenters. The van der Waals surface area contributed by atoms with Crippen LogP contribution in [0.5, 0.6) is 0 Å². The SMILES string of the molecule is NC(=O)CCN(Cc1ccccc1)c1nc(Nc2ccc(C=Cc3ccc(Nc4nc(Nc5cc(S(=O)(=O)[O-])ccc5S(=O)(=O)[O-])nc(N(CCC(N)=O)Cc5ccccc5)n4)cc3S(=O)(=O)[O-])c(S(=O)(=O)[O-])c2)nc(Nc2cc(S(=O)(=O)[O-])ccc2S(=O)(=O)[O-])n1.[Na+].[Na+].[Na+].[Na+].[Na+].[Na+]. The van der Waals surface area contributed by atoms with Crippen molar-refractivity contribution in [2.24, 2.45) is 11.5 Å². The van der Waals surface area contributed by atoms with Crippen LogP contribution in [-0.2, 0) is 83.4 Å². The summed E-state index contributed by atoms with van der Waals surface area (Å²) in [6.07, 6.45) is 1.28. The van der Waals surface area contributed by atoms with Crippen LogP contribution in [0.4, 0.5) is 58.4 Å². The third-order valence-corrected chi connectivity index (χ3v) is 17.8. The van der Waals surface area contributed by atoms with Gasteiger partial charge in [-0.25, -0.2) is 50.5 Å². The second-order valence-electron chi connectivity index (χ2n) is 19.2. The number of aromatic nitrogens is 6. The molecule has 484 valence electrons. The molecule has 0 aliphatic carbocycles. The van der Waals surface area contributed by atoms with Crippen LogP contribution in [0, 0.1) is 0 Å². The van der Waals surface area contributed by atoms with E-state index in [4.69, 9.17) is 11.5 Å². The first kappa shape index (κ1) is 90.4. The summed E-state index contributed by atoms with van der Waals surface area (Å²) in [5, 5.41) is 10.1. The number of nitrogens with zero attached hydrogens (tertiary/aromatic N) is 8. The molecule has 8 rings (SSSR count). The van der Waals surface area contributed by atoms with Gasteiger partial charge >= 0.3 is 177 Å². The summed E-state index contributed by atoms with van der Waals surface area (Å²) in [6, 6.07) is 26.1. The molecule has 8 N–H and O–H groups in total. The number of carbonyl (C=O) groups is 2. The van der Waals surface area contributed by atoms with E-state index in [9.17, 15) is 87.4 Å². The number of hydrogen-bond acceptors (Lipinski definition) is 32. The van der Waals surface area contributed by atoms with Crippen molar-refractivity contribution in [3.05, 3.63) is 156 Å². The Kier molecular flexibility index (Phi) is 35.2. The predicted molar refractivity (Wildman–Crippen MR) is 318 cm³/mol. The molecule has 98 heavy (non-hydrogen) atoms. The Morgan fingerprint density at radius 1 is 0.378 bits per heavy atom. The summed E-state index contributed by atoms with van der Waals surface area (Å²) in [6.45, 7) is -0.483. The number of primary amides is 2. The molecule has 0 radical (unpaired) electrons. The minimum absolute atomic E-state index is 0. The molecule has 2 aromatic heterocycles. The van der Waals surface area contributed by atoms with Crippen LogP contribution in [0.25, 0.3) is 12.2 Å². The Morgan fingerprint density at radius 3 is 0.969 bits per heavy atom. The van der Waals surface area contributed by atoms with Crippen molar-refractivity contribution in [1.82, 2.24) is 29.9 Å². The van der Waals surface area contributed by atoms with E-state index < -0.39 is 148 Å². The Balaban J connectivity index is 0.00000544. The van der Waals surface area contributed by atoms with E-state index in [1.54, 1.807) is 60.7 Å². The Hall–Kier alpha value is -3.72. The molecule has 34 nitrogen and oxygen atoms in total. The van der Waals surface area contributed by atoms with Gasteiger partial charge in [-0.1, -0.05) is 84.9 Å². The molecule has 8 aromatic rings. The quantitative estimate of drug-likeness (QED) is 0.0151. The van der Waals surface area contributed by atoms with Gasteiger partial charge in [0.1, 0.15) is 60.7 Å². The number of amides is 2. The molecular formula is C52H44N14Na6O20S6. The Labute approximate surface area is 694 Å². The molecule has 0 aliphatic heterocycles.